The first kappa shape index (κ1) is 14.9. The number of carbonyl (C=O) groups is 2. The molecule has 4 N–H and O–H groups in total. The van der Waals surface area contributed by atoms with Gasteiger partial charge in [-0.15, -0.1) is 0 Å². The number of amides is 3. The minimum absolute atomic E-state index is 0.311. The summed E-state index contributed by atoms with van der Waals surface area (Å²) in [5.74, 6) is -0.311. The van der Waals surface area contributed by atoms with Crippen molar-refractivity contribution in [2.75, 3.05) is 19.6 Å². The summed E-state index contributed by atoms with van der Waals surface area (Å²) in [4.78, 5) is 24.8. The van der Waals surface area contributed by atoms with Crippen LogP contribution in [-0.4, -0.2) is 48.6 Å². The van der Waals surface area contributed by atoms with E-state index in [4.69, 9.17) is 5.73 Å². The van der Waals surface area contributed by atoms with Gasteiger partial charge < -0.3 is 11.1 Å². The predicted molar refractivity (Wildman–Crippen MR) is 70.1 cm³/mol. The van der Waals surface area contributed by atoms with Crippen molar-refractivity contribution in [2.45, 2.75) is 45.2 Å². The van der Waals surface area contributed by atoms with Gasteiger partial charge in [-0.3, -0.25) is 15.0 Å². The highest BCUT2D eigenvalue weighted by atomic mass is 16.2. The van der Waals surface area contributed by atoms with Gasteiger partial charge in [0.2, 0.25) is 5.91 Å². The molecule has 3 amide bonds. The predicted octanol–water partition coefficient (Wildman–Crippen LogP) is 0.0338. The van der Waals surface area contributed by atoms with Crippen molar-refractivity contribution in [2.24, 2.45) is 5.73 Å². The Kier molecular flexibility index (Phi) is 6.07. The number of imide groups is 1. The lowest BCUT2D eigenvalue weighted by molar-refractivity contribution is -0.125. The molecule has 104 valence electrons. The molecule has 1 saturated heterocycles. The second kappa shape index (κ2) is 7.33. The number of hydrogen-bond donors (Lipinski definition) is 3. The quantitative estimate of drug-likeness (QED) is 0.648. The molecule has 1 heterocycles. The Bertz CT molecular complexity index is 290. The summed E-state index contributed by atoms with van der Waals surface area (Å²) in [5.41, 5.74) is 4.98. The Hall–Kier alpha value is -1.14. The molecule has 0 radical (unpaired) electrons. The van der Waals surface area contributed by atoms with Crippen molar-refractivity contribution >= 4 is 11.9 Å². The molecule has 6 nitrogen and oxygen atoms in total. The number of primary amides is 1. The van der Waals surface area contributed by atoms with Crippen molar-refractivity contribution in [1.82, 2.24) is 15.5 Å². The van der Waals surface area contributed by atoms with E-state index in [0.717, 1.165) is 38.9 Å². The van der Waals surface area contributed by atoms with Crippen LogP contribution in [-0.2, 0) is 4.79 Å². The summed E-state index contributed by atoms with van der Waals surface area (Å²) in [7, 11) is 0. The molecule has 1 rings (SSSR count). The molecule has 0 aromatic carbocycles. The first-order valence-corrected chi connectivity index (χ1v) is 6.63. The smallest absolute Gasteiger partial charge is 0.318 e. The van der Waals surface area contributed by atoms with Crippen LogP contribution in [0.1, 0.15) is 33.1 Å². The molecule has 1 atom stereocenters. The van der Waals surface area contributed by atoms with E-state index in [2.05, 4.69) is 22.5 Å². The molecule has 1 unspecified atom stereocenters. The third-order valence-corrected chi connectivity index (χ3v) is 3.38. The standard InChI is InChI=1S/C12H24N4O2/c1-3-8-16(10-4-6-14-7-5-10)9(2)11(17)15-12(13)18/h9-10,14H,3-8H2,1-2H3,(H3,13,15,17,18). The Morgan fingerprint density at radius 3 is 2.56 bits per heavy atom. The first-order chi connectivity index (χ1) is 8.56. The van der Waals surface area contributed by atoms with Gasteiger partial charge in [0.1, 0.15) is 0 Å². The van der Waals surface area contributed by atoms with Gasteiger partial charge in [-0.05, 0) is 45.8 Å². The van der Waals surface area contributed by atoms with E-state index >= 15 is 0 Å². The largest absolute Gasteiger partial charge is 0.351 e. The van der Waals surface area contributed by atoms with Crippen molar-refractivity contribution in [3.63, 3.8) is 0 Å². The molecule has 18 heavy (non-hydrogen) atoms. The summed E-state index contributed by atoms with van der Waals surface area (Å²) >= 11 is 0. The highest BCUT2D eigenvalue weighted by Gasteiger charge is 2.28. The molecule has 0 saturated carbocycles. The molecule has 6 heteroatoms. The Balaban J connectivity index is 2.63. The molecule has 0 aliphatic carbocycles. The van der Waals surface area contributed by atoms with Gasteiger partial charge in [0.05, 0.1) is 6.04 Å². The third kappa shape index (κ3) is 4.27. The topological polar surface area (TPSA) is 87.5 Å². The zero-order valence-electron chi connectivity index (χ0n) is 11.2. The number of nitrogens with two attached hydrogens (primary N) is 1. The van der Waals surface area contributed by atoms with Gasteiger partial charge in [-0.25, -0.2) is 4.79 Å². The minimum atomic E-state index is -0.784. The zero-order chi connectivity index (χ0) is 13.5. The number of rotatable bonds is 5. The second-order valence-corrected chi connectivity index (χ2v) is 4.75. The van der Waals surface area contributed by atoms with Crippen LogP contribution >= 0.6 is 0 Å². The zero-order valence-corrected chi connectivity index (χ0v) is 11.2. The summed E-state index contributed by atoms with van der Waals surface area (Å²) in [6.45, 7) is 6.74. The first-order valence-electron chi connectivity index (χ1n) is 6.63. The van der Waals surface area contributed by atoms with E-state index in [1.54, 1.807) is 0 Å². The van der Waals surface area contributed by atoms with E-state index < -0.39 is 6.03 Å². The van der Waals surface area contributed by atoms with Crippen molar-refractivity contribution in [3.8, 4) is 0 Å². The lowest BCUT2D eigenvalue weighted by Gasteiger charge is -2.37. The van der Waals surface area contributed by atoms with Gasteiger partial charge in [0.15, 0.2) is 0 Å². The van der Waals surface area contributed by atoms with Crippen molar-refractivity contribution in [3.05, 3.63) is 0 Å². The summed E-state index contributed by atoms with van der Waals surface area (Å²) in [6, 6.07) is -0.700. The number of hydrogen-bond acceptors (Lipinski definition) is 4. The van der Waals surface area contributed by atoms with Gasteiger partial charge >= 0.3 is 6.03 Å². The van der Waals surface area contributed by atoms with Crippen LogP contribution in [0.4, 0.5) is 4.79 Å². The monoisotopic (exact) mass is 256 g/mol. The normalized spacial score (nSPS) is 18.6. The second-order valence-electron chi connectivity index (χ2n) is 4.75. The number of carbonyl (C=O) groups excluding carboxylic acids is 2. The summed E-state index contributed by atoms with van der Waals surface area (Å²) in [6.07, 6.45) is 3.06. The Morgan fingerprint density at radius 1 is 1.44 bits per heavy atom. The fourth-order valence-electron chi connectivity index (χ4n) is 2.47. The van der Waals surface area contributed by atoms with E-state index in [1.165, 1.54) is 0 Å². The number of urea groups is 1. The lowest BCUT2D eigenvalue weighted by atomic mass is 10.0. The molecule has 1 fully saturated rings. The average molecular weight is 256 g/mol. The van der Waals surface area contributed by atoms with E-state index in [0.29, 0.717) is 6.04 Å². The summed E-state index contributed by atoms with van der Waals surface area (Å²) in [5, 5.41) is 5.47. The maximum atomic E-state index is 11.8. The van der Waals surface area contributed by atoms with Crippen molar-refractivity contribution in [1.29, 1.82) is 0 Å². The Morgan fingerprint density at radius 2 is 2.06 bits per heavy atom. The van der Waals surface area contributed by atoms with Crippen LogP contribution in [0.5, 0.6) is 0 Å². The van der Waals surface area contributed by atoms with E-state index in [-0.39, 0.29) is 11.9 Å². The maximum Gasteiger partial charge on any atom is 0.318 e. The highest BCUT2D eigenvalue weighted by Crippen LogP contribution is 2.15. The summed E-state index contributed by atoms with van der Waals surface area (Å²) < 4.78 is 0. The number of nitrogens with zero attached hydrogens (tertiary/aromatic N) is 1. The minimum Gasteiger partial charge on any atom is -0.351 e. The van der Waals surface area contributed by atoms with Crippen molar-refractivity contribution < 1.29 is 9.59 Å². The van der Waals surface area contributed by atoms with Gasteiger partial charge in [-0.2, -0.15) is 0 Å². The average Bonchev–Trinajstić information content (AvgIpc) is 2.35. The van der Waals surface area contributed by atoms with Crippen LogP contribution in [0.25, 0.3) is 0 Å². The number of nitrogens with one attached hydrogen (secondary N) is 2. The molecule has 0 aromatic rings. The molecular formula is C12H24N4O2. The lowest BCUT2D eigenvalue weighted by Crippen LogP contribution is -2.54. The highest BCUT2D eigenvalue weighted by molar-refractivity contribution is 5.96. The fourth-order valence-corrected chi connectivity index (χ4v) is 2.47. The van der Waals surface area contributed by atoms with Gasteiger partial charge in [-0.1, -0.05) is 6.92 Å². The molecule has 0 spiro atoms. The molecule has 1 aliphatic rings. The molecular weight excluding hydrogens is 232 g/mol. The van der Waals surface area contributed by atoms with E-state index in [1.807, 2.05) is 6.92 Å². The fraction of sp³-hybridized carbons (Fsp3) is 0.833. The molecule has 1 aliphatic heterocycles. The van der Waals surface area contributed by atoms with Gasteiger partial charge in [0, 0.05) is 6.04 Å². The van der Waals surface area contributed by atoms with Gasteiger partial charge in [0.25, 0.3) is 0 Å². The third-order valence-electron chi connectivity index (χ3n) is 3.38. The molecule has 0 aromatic heterocycles. The van der Waals surface area contributed by atoms with Crippen LogP contribution in [0, 0.1) is 0 Å². The van der Waals surface area contributed by atoms with E-state index in [9.17, 15) is 9.59 Å². The van der Waals surface area contributed by atoms with Crippen LogP contribution in [0.3, 0.4) is 0 Å². The maximum absolute atomic E-state index is 11.8. The Labute approximate surface area is 108 Å². The van der Waals surface area contributed by atoms with Crippen LogP contribution < -0.4 is 16.4 Å². The van der Waals surface area contributed by atoms with Crippen LogP contribution in [0.2, 0.25) is 0 Å². The van der Waals surface area contributed by atoms with Crippen LogP contribution in [0.15, 0.2) is 0 Å². The number of piperidine rings is 1. The SMILES string of the molecule is CCCN(C1CCNCC1)C(C)C(=O)NC(N)=O. The molecule has 0 bridgehead atoms.